The highest BCUT2D eigenvalue weighted by Crippen LogP contribution is 2.24. The SMILES string of the molecule is CCOC(=O)c1cccc(N(CC(=O)OC(C)(C)C)C(=O)CN2C(=O)c3ccccc3C2=O)c1. The van der Waals surface area contributed by atoms with E-state index < -0.39 is 48.4 Å². The lowest BCUT2D eigenvalue weighted by Gasteiger charge is -2.27. The van der Waals surface area contributed by atoms with Crippen molar-refractivity contribution in [2.75, 3.05) is 24.6 Å². The van der Waals surface area contributed by atoms with Gasteiger partial charge in [-0.15, -0.1) is 0 Å². The average molecular weight is 466 g/mol. The van der Waals surface area contributed by atoms with Gasteiger partial charge in [-0.25, -0.2) is 4.79 Å². The molecule has 1 heterocycles. The van der Waals surface area contributed by atoms with Gasteiger partial charge in [0.05, 0.1) is 23.3 Å². The van der Waals surface area contributed by atoms with Crippen LogP contribution in [0, 0.1) is 0 Å². The number of benzene rings is 2. The molecular weight excluding hydrogens is 440 g/mol. The number of ether oxygens (including phenoxy) is 2. The van der Waals surface area contributed by atoms with E-state index in [9.17, 15) is 24.0 Å². The first-order valence-electron chi connectivity index (χ1n) is 10.8. The molecule has 1 aliphatic heterocycles. The Hall–Kier alpha value is -4.01. The summed E-state index contributed by atoms with van der Waals surface area (Å²) in [5.41, 5.74) is 0.0351. The molecule has 0 unspecified atom stereocenters. The van der Waals surface area contributed by atoms with Crippen molar-refractivity contribution in [2.45, 2.75) is 33.3 Å². The molecule has 9 nitrogen and oxygen atoms in total. The maximum absolute atomic E-state index is 13.3. The van der Waals surface area contributed by atoms with Gasteiger partial charge in [0.2, 0.25) is 5.91 Å². The van der Waals surface area contributed by atoms with Crippen LogP contribution >= 0.6 is 0 Å². The minimum atomic E-state index is -0.791. The Kier molecular flexibility index (Phi) is 7.14. The van der Waals surface area contributed by atoms with Gasteiger partial charge >= 0.3 is 11.9 Å². The van der Waals surface area contributed by atoms with Crippen LogP contribution in [0.25, 0.3) is 0 Å². The molecule has 34 heavy (non-hydrogen) atoms. The van der Waals surface area contributed by atoms with Crippen LogP contribution in [0.2, 0.25) is 0 Å². The highest BCUT2D eigenvalue weighted by molar-refractivity contribution is 6.22. The number of amides is 3. The Balaban J connectivity index is 1.90. The third kappa shape index (κ3) is 5.48. The van der Waals surface area contributed by atoms with Crippen molar-refractivity contribution in [2.24, 2.45) is 0 Å². The number of rotatable bonds is 7. The fourth-order valence-corrected chi connectivity index (χ4v) is 3.44. The van der Waals surface area contributed by atoms with Gasteiger partial charge in [0.25, 0.3) is 11.8 Å². The number of esters is 2. The molecule has 2 aromatic rings. The maximum Gasteiger partial charge on any atom is 0.338 e. The molecule has 1 aliphatic rings. The summed E-state index contributed by atoms with van der Waals surface area (Å²) in [6, 6.07) is 12.3. The third-order valence-electron chi connectivity index (χ3n) is 4.85. The average Bonchev–Trinajstić information content (AvgIpc) is 3.01. The monoisotopic (exact) mass is 466 g/mol. The minimum Gasteiger partial charge on any atom is -0.462 e. The van der Waals surface area contributed by atoms with E-state index in [1.807, 2.05) is 0 Å². The number of nitrogens with zero attached hydrogens (tertiary/aromatic N) is 2. The standard InChI is InChI=1S/C25H26N2O7/c1-5-33-24(32)16-9-8-10-17(13-16)26(15-21(29)34-25(2,3)4)20(28)14-27-22(30)18-11-6-7-12-19(18)23(27)31/h6-13H,5,14-15H2,1-4H3. The smallest absolute Gasteiger partial charge is 0.338 e. The summed E-state index contributed by atoms with van der Waals surface area (Å²) in [5.74, 6) is -3.15. The fraction of sp³-hybridized carbons (Fsp3) is 0.320. The molecule has 0 fully saturated rings. The zero-order chi connectivity index (χ0) is 25.0. The van der Waals surface area contributed by atoms with Gasteiger partial charge in [-0.05, 0) is 58.0 Å². The number of hydrogen-bond donors (Lipinski definition) is 0. The van der Waals surface area contributed by atoms with Gasteiger partial charge in [-0.1, -0.05) is 18.2 Å². The molecule has 2 aromatic carbocycles. The van der Waals surface area contributed by atoms with Crippen LogP contribution in [0.3, 0.4) is 0 Å². The largest absolute Gasteiger partial charge is 0.462 e. The minimum absolute atomic E-state index is 0.170. The van der Waals surface area contributed by atoms with E-state index in [4.69, 9.17) is 9.47 Å². The quantitative estimate of drug-likeness (QED) is 0.456. The molecular formula is C25H26N2O7. The molecule has 3 rings (SSSR count). The molecule has 3 amide bonds. The molecule has 0 N–H and O–H groups in total. The van der Waals surface area contributed by atoms with Crippen LogP contribution < -0.4 is 4.90 Å². The maximum atomic E-state index is 13.3. The predicted molar refractivity (Wildman–Crippen MR) is 122 cm³/mol. The molecule has 0 bridgehead atoms. The summed E-state index contributed by atoms with van der Waals surface area (Å²) in [6.07, 6.45) is 0. The van der Waals surface area contributed by atoms with Gasteiger partial charge < -0.3 is 9.47 Å². The van der Waals surface area contributed by atoms with Gasteiger partial charge in [0.1, 0.15) is 18.7 Å². The third-order valence-corrected chi connectivity index (χ3v) is 4.85. The van der Waals surface area contributed by atoms with E-state index in [0.717, 1.165) is 9.80 Å². The second-order valence-electron chi connectivity index (χ2n) is 8.58. The second kappa shape index (κ2) is 9.86. The van der Waals surface area contributed by atoms with Crippen LogP contribution in [0.5, 0.6) is 0 Å². The van der Waals surface area contributed by atoms with E-state index >= 15 is 0 Å². The summed E-state index contributed by atoms with van der Waals surface area (Å²) < 4.78 is 10.4. The normalized spacial score (nSPS) is 12.9. The van der Waals surface area contributed by atoms with E-state index in [-0.39, 0.29) is 29.0 Å². The van der Waals surface area contributed by atoms with Crippen LogP contribution in [0.1, 0.15) is 58.8 Å². The van der Waals surface area contributed by atoms with Crippen molar-refractivity contribution in [3.8, 4) is 0 Å². The van der Waals surface area contributed by atoms with Crippen LogP contribution in [0.4, 0.5) is 5.69 Å². The lowest BCUT2D eigenvalue weighted by atomic mass is 10.1. The van der Waals surface area contributed by atoms with Gasteiger partial charge in [0.15, 0.2) is 0 Å². The number of carbonyl (C=O) groups is 5. The molecule has 9 heteroatoms. The summed E-state index contributed by atoms with van der Waals surface area (Å²) >= 11 is 0. The molecule has 0 saturated carbocycles. The van der Waals surface area contributed by atoms with Crippen LogP contribution in [-0.2, 0) is 19.1 Å². The van der Waals surface area contributed by atoms with Crippen LogP contribution in [0.15, 0.2) is 48.5 Å². The van der Waals surface area contributed by atoms with E-state index in [1.165, 1.54) is 30.3 Å². The van der Waals surface area contributed by atoms with Crippen molar-refractivity contribution in [1.29, 1.82) is 0 Å². The molecule has 0 aliphatic carbocycles. The summed E-state index contributed by atoms with van der Waals surface area (Å²) in [6.45, 7) is 5.85. The number of carbonyl (C=O) groups excluding carboxylic acids is 5. The Morgan fingerprint density at radius 2 is 1.56 bits per heavy atom. The topological polar surface area (TPSA) is 110 Å². The summed E-state index contributed by atoms with van der Waals surface area (Å²) in [5, 5.41) is 0. The number of hydrogen-bond acceptors (Lipinski definition) is 7. The predicted octanol–water partition coefficient (Wildman–Crippen LogP) is 2.83. The lowest BCUT2D eigenvalue weighted by Crippen LogP contribution is -2.45. The fourth-order valence-electron chi connectivity index (χ4n) is 3.44. The molecule has 0 saturated heterocycles. The van der Waals surface area contributed by atoms with Crippen molar-refractivity contribution in [3.05, 3.63) is 65.2 Å². The first-order chi connectivity index (χ1) is 16.0. The lowest BCUT2D eigenvalue weighted by molar-refractivity contribution is -0.153. The highest BCUT2D eigenvalue weighted by atomic mass is 16.6. The summed E-state index contributed by atoms with van der Waals surface area (Å²) in [7, 11) is 0. The molecule has 0 atom stereocenters. The zero-order valence-corrected chi connectivity index (χ0v) is 19.5. The summed E-state index contributed by atoms with van der Waals surface area (Å²) in [4.78, 5) is 65.4. The Morgan fingerprint density at radius 3 is 2.12 bits per heavy atom. The van der Waals surface area contributed by atoms with Crippen LogP contribution in [-0.4, -0.2) is 59.9 Å². The Labute approximate surface area is 197 Å². The number of fused-ring (bicyclic) bond motifs is 1. The number of imide groups is 1. The van der Waals surface area contributed by atoms with Crippen molar-refractivity contribution in [3.63, 3.8) is 0 Å². The van der Waals surface area contributed by atoms with E-state index in [0.29, 0.717) is 0 Å². The van der Waals surface area contributed by atoms with Crippen molar-refractivity contribution >= 4 is 35.3 Å². The van der Waals surface area contributed by atoms with E-state index in [2.05, 4.69) is 0 Å². The van der Waals surface area contributed by atoms with Gasteiger partial charge in [-0.3, -0.25) is 29.0 Å². The van der Waals surface area contributed by atoms with E-state index in [1.54, 1.807) is 45.9 Å². The molecule has 0 radical (unpaired) electrons. The molecule has 178 valence electrons. The Bertz CT molecular complexity index is 1110. The number of anilines is 1. The first-order valence-corrected chi connectivity index (χ1v) is 10.8. The molecule has 0 aromatic heterocycles. The van der Waals surface area contributed by atoms with Gasteiger partial charge in [0, 0.05) is 5.69 Å². The first kappa shape index (κ1) is 24.6. The van der Waals surface area contributed by atoms with Crippen molar-refractivity contribution < 1.29 is 33.4 Å². The van der Waals surface area contributed by atoms with Gasteiger partial charge in [-0.2, -0.15) is 0 Å². The highest BCUT2D eigenvalue weighted by Gasteiger charge is 2.37. The van der Waals surface area contributed by atoms with Crippen molar-refractivity contribution in [1.82, 2.24) is 4.90 Å². The zero-order valence-electron chi connectivity index (χ0n) is 19.5. The second-order valence-corrected chi connectivity index (χ2v) is 8.58. The Morgan fingerprint density at radius 1 is 0.941 bits per heavy atom. The molecule has 0 spiro atoms.